The van der Waals surface area contributed by atoms with Gasteiger partial charge in [-0.1, -0.05) is 12.1 Å². The topological polar surface area (TPSA) is 93.3 Å². The van der Waals surface area contributed by atoms with Gasteiger partial charge in [0.15, 0.2) is 5.60 Å². The molecule has 3 saturated carbocycles. The number of hydrogen-bond acceptors (Lipinski definition) is 6. The molecule has 0 spiro atoms. The fraction of sp³-hybridized carbons (Fsp3) is 0.480. The van der Waals surface area contributed by atoms with Crippen LogP contribution >= 0.6 is 0 Å². The molecular weight excluding hydrogens is 537 g/mol. The van der Waals surface area contributed by atoms with Gasteiger partial charge in [0.2, 0.25) is 0 Å². The number of tetrazole rings is 1. The summed E-state index contributed by atoms with van der Waals surface area (Å²) in [5, 5.41) is 31.1. The lowest BCUT2D eigenvalue weighted by molar-refractivity contribution is -0.347. The predicted octanol–water partition coefficient (Wildman–Crippen LogP) is 4.29. The highest BCUT2D eigenvalue weighted by Gasteiger charge is 2.82. The summed E-state index contributed by atoms with van der Waals surface area (Å²) < 4.78 is 104. The number of aliphatic hydroxyl groups excluding tert-OH is 1. The van der Waals surface area contributed by atoms with Crippen molar-refractivity contribution in [3.8, 4) is 5.75 Å². The smallest absolute Gasteiger partial charge is 0.391 e. The Morgan fingerprint density at radius 1 is 1.00 bits per heavy atom. The number of rotatable bonds is 10. The van der Waals surface area contributed by atoms with Gasteiger partial charge in [-0.2, -0.15) is 13.2 Å². The van der Waals surface area contributed by atoms with Gasteiger partial charge in [-0.25, -0.2) is 22.2 Å². The minimum Gasteiger partial charge on any atom is -0.491 e. The molecule has 210 valence electrons. The van der Waals surface area contributed by atoms with Crippen LogP contribution in [0.25, 0.3) is 0 Å². The fourth-order valence-corrected chi connectivity index (χ4v) is 5.95. The molecule has 2 unspecified atom stereocenters. The molecule has 0 aliphatic heterocycles. The van der Waals surface area contributed by atoms with E-state index in [0.29, 0.717) is 11.6 Å². The maximum atomic E-state index is 16.2. The van der Waals surface area contributed by atoms with Crippen LogP contribution in [-0.2, 0) is 17.6 Å². The predicted molar refractivity (Wildman–Crippen MR) is 120 cm³/mol. The first-order valence-electron chi connectivity index (χ1n) is 11.9. The maximum absolute atomic E-state index is 16.2. The Hall–Kier alpha value is -3.26. The summed E-state index contributed by atoms with van der Waals surface area (Å²) in [6.07, 6.45) is -6.77. The molecule has 0 saturated heterocycles. The van der Waals surface area contributed by atoms with E-state index in [1.807, 2.05) is 0 Å². The van der Waals surface area contributed by atoms with Gasteiger partial charge in [0, 0.05) is 17.0 Å². The molecule has 6 rings (SSSR count). The van der Waals surface area contributed by atoms with Crippen LogP contribution in [0.2, 0.25) is 0 Å². The Balaban J connectivity index is 1.32. The molecule has 2 atom stereocenters. The Bertz CT molecular complexity index is 1310. The molecule has 3 fully saturated rings. The second-order valence-corrected chi connectivity index (χ2v) is 10.5. The van der Waals surface area contributed by atoms with Crippen LogP contribution in [0.5, 0.6) is 5.75 Å². The summed E-state index contributed by atoms with van der Waals surface area (Å²) in [6.45, 7) is -1.45. The summed E-state index contributed by atoms with van der Waals surface area (Å²) in [5.41, 5.74) is -5.48. The molecular formula is C25H23F7N4O3. The molecule has 7 nitrogen and oxygen atoms in total. The summed E-state index contributed by atoms with van der Waals surface area (Å²) in [6, 6.07) is 8.17. The number of benzene rings is 2. The third-order valence-electron chi connectivity index (χ3n) is 7.75. The molecule has 3 aliphatic carbocycles. The zero-order valence-electron chi connectivity index (χ0n) is 20.2. The van der Waals surface area contributed by atoms with Gasteiger partial charge in [-0.05, 0) is 64.9 Å². The average Bonchev–Trinajstić information content (AvgIpc) is 3.28. The highest BCUT2D eigenvalue weighted by molar-refractivity contribution is 5.44. The van der Waals surface area contributed by atoms with Crippen molar-refractivity contribution >= 4 is 0 Å². The molecule has 39 heavy (non-hydrogen) atoms. The third-order valence-corrected chi connectivity index (χ3v) is 7.75. The van der Waals surface area contributed by atoms with Crippen molar-refractivity contribution in [3.05, 3.63) is 71.6 Å². The first kappa shape index (κ1) is 27.3. The summed E-state index contributed by atoms with van der Waals surface area (Å²) in [5.74, 6) is -5.99. The molecule has 2 bridgehead atoms. The van der Waals surface area contributed by atoms with Gasteiger partial charge >= 0.3 is 6.18 Å². The number of ether oxygens (including phenoxy) is 1. The highest BCUT2D eigenvalue weighted by Crippen LogP contribution is 2.80. The quantitative estimate of drug-likeness (QED) is 0.360. The van der Waals surface area contributed by atoms with Crippen LogP contribution in [0.3, 0.4) is 0 Å². The number of aliphatic hydroxyl groups is 2. The highest BCUT2D eigenvalue weighted by atomic mass is 19.4. The monoisotopic (exact) mass is 560 g/mol. The molecule has 3 aliphatic rings. The summed E-state index contributed by atoms with van der Waals surface area (Å²) >= 11 is 0. The minimum absolute atomic E-state index is 0.0295. The lowest BCUT2D eigenvalue weighted by atomic mass is 9.30. The van der Waals surface area contributed by atoms with Crippen molar-refractivity contribution in [1.29, 1.82) is 0 Å². The Morgan fingerprint density at radius 3 is 2.23 bits per heavy atom. The lowest BCUT2D eigenvalue weighted by Crippen LogP contribution is -2.76. The van der Waals surface area contributed by atoms with Crippen molar-refractivity contribution < 1.29 is 45.7 Å². The van der Waals surface area contributed by atoms with E-state index in [9.17, 15) is 32.2 Å². The van der Waals surface area contributed by atoms with Crippen molar-refractivity contribution in [2.75, 3.05) is 6.61 Å². The second-order valence-electron chi connectivity index (χ2n) is 10.5. The Kier molecular flexibility index (Phi) is 6.41. The number of nitrogens with zero attached hydrogens (tertiary/aromatic N) is 4. The Morgan fingerprint density at radius 2 is 1.67 bits per heavy atom. The minimum atomic E-state index is -4.53. The van der Waals surface area contributed by atoms with Gasteiger partial charge in [-0.3, -0.25) is 0 Å². The Labute approximate surface area is 217 Å². The standard InChI is InChI=1S/C25H23F7N4O3/c26-16-3-6-19(20(27)7-16)23(38,13-36-14-33-34-35-36)25(31,32)22-10-21(11-22,12-22)15-1-4-18(5-2-15)39-9-17(37)8-24(28,29)30/h1-7,14,17,37-38H,8-13H2. The van der Waals surface area contributed by atoms with Crippen molar-refractivity contribution in [1.82, 2.24) is 20.2 Å². The molecule has 3 aromatic rings. The summed E-state index contributed by atoms with van der Waals surface area (Å²) in [7, 11) is 0. The maximum Gasteiger partial charge on any atom is 0.391 e. The van der Waals surface area contributed by atoms with Crippen LogP contribution in [0.4, 0.5) is 30.7 Å². The van der Waals surface area contributed by atoms with E-state index in [1.54, 1.807) is 12.1 Å². The molecule has 1 aromatic heterocycles. The van der Waals surface area contributed by atoms with E-state index < -0.39 is 71.4 Å². The van der Waals surface area contributed by atoms with Crippen LogP contribution in [0.1, 0.15) is 36.8 Å². The van der Waals surface area contributed by atoms with E-state index in [0.717, 1.165) is 23.1 Å². The third kappa shape index (κ3) is 4.62. The molecule has 2 aromatic carbocycles. The molecule has 1 heterocycles. The number of hydrogen-bond donors (Lipinski definition) is 2. The van der Waals surface area contributed by atoms with Gasteiger partial charge in [0.05, 0.1) is 19.1 Å². The van der Waals surface area contributed by atoms with E-state index in [-0.39, 0.29) is 25.0 Å². The molecule has 0 amide bonds. The van der Waals surface area contributed by atoms with Crippen molar-refractivity contribution in [3.63, 3.8) is 0 Å². The normalized spacial score (nSPS) is 24.8. The van der Waals surface area contributed by atoms with Crippen LogP contribution in [0.15, 0.2) is 48.8 Å². The number of alkyl halides is 5. The van der Waals surface area contributed by atoms with Crippen molar-refractivity contribution in [2.45, 2.75) is 61.4 Å². The van der Waals surface area contributed by atoms with Gasteiger partial charge in [0.25, 0.3) is 5.92 Å². The van der Waals surface area contributed by atoms with Crippen LogP contribution in [0, 0.1) is 17.0 Å². The number of halogens is 7. The van der Waals surface area contributed by atoms with Crippen LogP contribution in [-0.4, -0.2) is 55.2 Å². The summed E-state index contributed by atoms with van der Waals surface area (Å²) in [4.78, 5) is 0. The fourth-order valence-electron chi connectivity index (χ4n) is 5.95. The van der Waals surface area contributed by atoms with Gasteiger partial charge in [0.1, 0.15) is 30.3 Å². The van der Waals surface area contributed by atoms with Gasteiger partial charge in [-0.15, -0.1) is 5.10 Å². The van der Waals surface area contributed by atoms with E-state index in [2.05, 4.69) is 15.5 Å². The van der Waals surface area contributed by atoms with E-state index in [4.69, 9.17) is 4.74 Å². The molecule has 14 heteroatoms. The first-order chi connectivity index (χ1) is 18.2. The SMILES string of the molecule is OC(COc1ccc(C23CC(C(F)(F)C(O)(Cn4cnnn4)c4ccc(F)cc4F)(C2)C3)cc1)CC(F)(F)F. The first-order valence-corrected chi connectivity index (χ1v) is 11.9. The van der Waals surface area contributed by atoms with Crippen LogP contribution < -0.4 is 4.74 Å². The van der Waals surface area contributed by atoms with E-state index in [1.165, 1.54) is 12.1 Å². The average molecular weight is 560 g/mol. The number of aromatic nitrogens is 4. The van der Waals surface area contributed by atoms with Crippen molar-refractivity contribution in [2.24, 2.45) is 5.41 Å². The molecule has 2 N–H and O–H groups in total. The molecule has 0 radical (unpaired) electrons. The zero-order valence-corrected chi connectivity index (χ0v) is 20.2. The lowest BCUT2D eigenvalue weighted by Gasteiger charge is -2.74. The largest absolute Gasteiger partial charge is 0.491 e. The van der Waals surface area contributed by atoms with Gasteiger partial charge < -0.3 is 14.9 Å². The zero-order chi connectivity index (χ0) is 28.3. The second kappa shape index (κ2) is 9.15. The van der Waals surface area contributed by atoms with E-state index >= 15 is 8.78 Å².